The molecule has 0 unspecified atom stereocenters. The number of hydrogen-bond acceptors (Lipinski definition) is 3. The van der Waals surface area contributed by atoms with Crippen molar-refractivity contribution in [3.05, 3.63) is 45.1 Å². The van der Waals surface area contributed by atoms with Crippen molar-refractivity contribution in [3.8, 4) is 0 Å². The molecule has 1 aliphatic carbocycles. The van der Waals surface area contributed by atoms with Crippen molar-refractivity contribution in [2.75, 3.05) is 7.05 Å². The van der Waals surface area contributed by atoms with Gasteiger partial charge in [0.05, 0.1) is 21.7 Å². The SMILES string of the molecule is CC1=C(C(=O)OC2CCCC2)[C@H](c2ccc(Cl)c(Cl)c2)NC(=O)N1C. The highest BCUT2D eigenvalue weighted by Crippen LogP contribution is 2.34. The third-order valence-corrected chi connectivity index (χ3v) is 5.57. The van der Waals surface area contributed by atoms with Crippen molar-refractivity contribution in [1.29, 1.82) is 0 Å². The summed E-state index contributed by atoms with van der Waals surface area (Å²) in [5.41, 5.74) is 1.68. The Kier molecular flexibility index (Phi) is 5.25. The Bertz CT molecular complexity index is 742. The highest BCUT2D eigenvalue weighted by molar-refractivity contribution is 6.42. The van der Waals surface area contributed by atoms with Gasteiger partial charge in [0.2, 0.25) is 0 Å². The molecule has 1 aliphatic heterocycles. The fraction of sp³-hybridized carbons (Fsp3) is 0.444. The monoisotopic (exact) mass is 382 g/mol. The van der Waals surface area contributed by atoms with Crippen LogP contribution in [0.15, 0.2) is 29.5 Å². The number of hydrogen-bond donors (Lipinski definition) is 1. The average Bonchev–Trinajstić information content (AvgIpc) is 3.07. The third-order valence-electron chi connectivity index (χ3n) is 4.83. The molecule has 0 saturated heterocycles. The van der Waals surface area contributed by atoms with E-state index in [1.807, 2.05) is 0 Å². The van der Waals surface area contributed by atoms with Gasteiger partial charge in [0.25, 0.3) is 0 Å². The van der Waals surface area contributed by atoms with Crippen LogP contribution in [0.25, 0.3) is 0 Å². The number of amides is 2. The van der Waals surface area contributed by atoms with Gasteiger partial charge in [0.15, 0.2) is 0 Å². The predicted molar refractivity (Wildman–Crippen MR) is 96.5 cm³/mol. The Hall–Kier alpha value is -1.72. The number of allylic oxidation sites excluding steroid dienone is 1. The zero-order valence-corrected chi connectivity index (χ0v) is 15.7. The van der Waals surface area contributed by atoms with Crippen molar-refractivity contribution in [2.45, 2.75) is 44.8 Å². The molecular weight excluding hydrogens is 363 g/mol. The molecule has 1 aromatic rings. The number of halogens is 2. The molecule has 7 heteroatoms. The Morgan fingerprint density at radius 2 is 1.92 bits per heavy atom. The van der Waals surface area contributed by atoms with Gasteiger partial charge in [-0.15, -0.1) is 0 Å². The molecule has 1 N–H and O–H groups in total. The quantitative estimate of drug-likeness (QED) is 0.785. The van der Waals surface area contributed by atoms with Crippen LogP contribution in [-0.4, -0.2) is 30.1 Å². The van der Waals surface area contributed by atoms with Crippen LogP contribution in [0.5, 0.6) is 0 Å². The van der Waals surface area contributed by atoms with Crippen LogP contribution in [0.2, 0.25) is 10.0 Å². The molecule has 0 spiro atoms. The minimum Gasteiger partial charge on any atom is -0.459 e. The van der Waals surface area contributed by atoms with E-state index in [-0.39, 0.29) is 12.1 Å². The van der Waals surface area contributed by atoms with Gasteiger partial charge >= 0.3 is 12.0 Å². The van der Waals surface area contributed by atoms with Crippen molar-refractivity contribution >= 4 is 35.2 Å². The van der Waals surface area contributed by atoms with Crippen LogP contribution in [-0.2, 0) is 9.53 Å². The summed E-state index contributed by atoms with van der Waals surface area (Å²) in [6.07, 6.45) is 3.87. The molecule has 3 rings (SSSR count). The van der Waals surface area contributed by atoms with Gasteiger partial charge in [-0.2, -0.15) is 0 Å². The average molecular weight is 383 g/mol. The van der Waals surface area contributed by atoms with E-state index in [0.717, 1.165) is 25.7 Å². The van der Waals surface area contributed by atoms with Crippen molar-refractivity contribution in [1.82, 2.24) is 10.2 Å². The van der Waals surface area contributed by atoms with E-state index in [1.54, 1.807) is 32.2 Å². The summed E-state index contributed by atoms with van der Waals surface area (Å²) >= 11 is 12.1. The third kappa shape index (κ3) is 3.62. The molecule has 1 heterocycles. The second kappa shape index (κ2) is 7.26. The molecule has 1 saturated carbocycles. The van der Waals surface area contributed by atoms with E-state index in [1.165, 1.54) is 4.90 Å². The van der Waals surface area contributed by atoms with Crippen LogP contribution in [0.3, 0.4) is 0 Å². The van der Waals surface area contributed by atoms with Crippen LogP contribution in [0, 0.1) is 0 Å². The summed E-state index contributed by atoms with van der Waals surface area (Å²) in [6, 6.07) is 4.16. The van der Waals surface area contributed by atoms with Gasteiger partial charge in [-0.05, 0) is 50.3 Å². The molecule has 2 aliphatic rings. The van der Waals surface area contributed by atoms with Gasteiger partial charge in [-0.25, -0.2) is 9.59 Å². The lowest BCUT2D eigenvalue weighted by Crippen LogP contribution is -2.46. The smallest absolute Gasteiger partial charge is 0.338 e. The molecule has 0 radical (unpaired) electrons. The summed E-state index contributed by atoms with van der Waals surface area (Å²) in [7, 11) is 1.62. The first-order valence-corrected chi connectivity index (χ1v) is 9.05. The summed E-state index contributed by atoms with van der Waals surface area (Å²) in [5, 5.41) is 3.63. The standard InChI is InChI=1S/C18H20Cl2N2O3/c1-10-15(17(23)25-12-5-3-4-6-12)16(21-18(24)22(10)2)11-7-8-13(19)14(20)9-11/h7-9,12,16H,3-6H2,1-2H3,(H,21,24)/t16-/m0/s1. The molecule has 2 amide bonds. The van der Waals surface area contributed by atoms with E-state index >= 15 is 0 Å². The van der Waals surface area contributed by atoms with Crippen LogP contribution in [0.4, 0.5) is 4.79 Å². The number of carbonyl (C=O) groups is 2. The molecule has 1 atom stereocenters. The Morgan fingerprint density at radius 1 is 1.24 bits per heavy atom. The van der Waals surface area contributed by atoms with Crippen molar-refractivity contribution < 1.29 is 14.3 Å². The minimum atomic E-state index is -0.618. The number of ether oxygens (including phenoxy) is 1. The number of rotatable bonds is 3. The Balaban J connectivity index is 1.97. The maximum Gasteiger partial charge on any atom is 0.338 e. The molecule has 134 valence electrons. The number of esters is 1. The van der Waals surface area contributed by atoms with Crippen LogP contribution in [0.1, 0.15) is 44.2 Å². The molecule has 0 aromatic heterocycles. The van der Waals surface area contributed by atoms with Gasteiger partial charge in [0, 0.05) is 12.7 Å². The second-order valence-electron chi connectivity index (χ2n) is 6.43. The van der Waals surface area contributed by atoms with Crippen LogP contribution < -0.4 is 5.32 Å². The maximum atomic E-state index is 12.8. The topological polar surface area (TPSA) is 58.6 Å². The summed E-state index contributed by atoms with van der Waals surface area (Å²) in [6.45, 7) is 1.74. The Morgan fingerprint density at radius 3 is 2.56 bits per heavy atom. The molecule has 1 aromatic carbocycles. The number of carbonyl (C=O) groups excluding carboxylic acids is 2. The van der Waals surface area contributed by atoms with Gasteiger partial charge in [-0.3, -0.25) is 0 Å². The van der Waals surface area contributed by atoms with Crippen molar-refractivity contribution in [3.63, 3.8) is 0 Å². The molecule has 0 bridgehead atoms. The molecule has 5 nitrogen and oxygen atoms in total. The normalized spacial score (nSPS) is 21.5. The summed E-state index contributed by atoms with van der Waals surface area (Å²) in [4.78, 5) is 26.5. The molecule has 1 fully saturated rings. The van der Waals surface area contributed by atoms with Gasteiger partial charge < -0.3 is 15.0 Å². The lowest BCUT2D eigenvalue weighted by atomic mass is 9.95. The number of nitrogens with one attached hydrogen (secondary N) is 1. The highest BCUT2D eigenvalue weighted by Gasteiger charge is 2.36. The molecular formula is C18H20Cl2N2O3. The van der Waals surface area contributed by atoms with E-state index in [9.17, 15) is 9.59 Å². The minimum absolute atomic E-state index is 0.0508. The second-order valence-corrected chi connectivity index (χ2v) is 7.24. The van der Waals surface area contributed by atoms with Gasteiger partial charge in [-0.1, -0.05) is 29.3 Å². The van der Waals surface area contributed by atoms with Gasteiger partial charge in [0.1, 0.15) is 6.10 Å². The fourth-order valence-electron chi connectivity index (χ4n) is 3.26. The largest absolute Gasteiger partial charge is 0.459 e. The van der Waals surface area contributed by atoms with E-state index in [4.69, 9.17) is 27.9 Å². The first-order chi connectivity index (χ1) is 11.9. The Labute approximate surface area is 156 Å². The van der Waals surface area contributed by atoms with Crippen molar-refractivity contribution in [2.24, 2.45) is 0 Å². The lowest BCUT2D eigenvalue weighted by Gasteiger charge is -2.33. The van der Waals surface area contributed by atoms with E-state index in [0.29, 0.717) is 26.9 Å². The number of benzene rings is 1. The molecule has 25 heavy (non-hydrogen) atoms. The van der Waals surface area contributed by atoms with E-state index in [2.05, 4.69) is 5.32 Å². The summed E-state index contributed by atoms with van der Waals surface area (Å²) in [5.74, 6) is -0.396. The fourth-order valence-corrected chi connectivity index (χ4v) is 3.57. The zero-order chi connectivity index (χ0) is 18.1. The highest BCUT2D eigenvalue weighted by atomic mass is 35.5. The maximum absolute atomic E-state index is 12.8. The predicted octanol–water partition coefficient (Wildman–Crippen LogP) is 4.45. The number of urea groups is 1. The zero-order valence-electron chi connectivity index (χ0n) is 14.1. The summed E-state index contributed by atoms with van der Waals surface area (Å²) < 4.78 is 5.68. The van der Waals surface area contributed by atoms with Crippen LogP contribution >= 0.6 is 23.2 Å². The first-order valence-electron chi connectivity index (χ1n) is 8.29. The lowest BCUT2D eigenvalue weighted by molar-refractivity contribution is -0.144. The van der Waals surface area contributed by atoms with E-state index < -0.39 is 12.0 Å². The first kappa shape index (κ1) is 18.1. The number of nitrogens with zero attached hydrogens (tertiary/aromatic N) is 1.